The van der Waals surface area contributed by atoms with Crippen LogP contribution in [0.5, 0.6) is 0 Å². The normalized spacial score (nSPS) is 24.7. The van der Waals surface area contributed by atoms with Crippen molar-refractivity contribution in [1.82, 2.24) is 10.2 Å². The topological polar surface area (TPSA) is 74.9 Å². The molecule has 4 nitrogen and oxygen atoms in total. The zero-order chi connectivity index (χ0) is 10.3. The largest absolute Gasteiger partial charge is 0.388 e. The van der Waals surface area contributed by atoms with E-state index in [0.29, 0.717) is 6.54 Å². The van der Waals surface area contributed by atoms with Gasteiger partial charge < -0.3 is 10.8 Å². The summed E-state index contributed by atoms with van der Waals surface area (Å²) in [5.41, 5.74) is 8.49. The van der Waals surface area contributed by atoms with Gasteiger partial charge in [-0.05, 0) is 18.3 Å². The zero-order valence-electron chi connectivity index (χ0n) is 8.67. The van der Waals surface area contributed by atoms with E-state index in [-0.39, 0.29) is 5.41 Å². The molecule has 1 unspecified atom stereocenters. The van der Waals surface area contributed by atoms with Gasteiger partial charge in [-0.2, -0.15) is 5.10 Å². The van der Waals surface area contributed by atoms with Gasteiger partial charge in [0.2, 0.25) is 0 Å². The highest BCUT2D eigenvalue weighted by Crippen LogP contribution is 2.40. The van der Waals surface area contributed by atoms with Crippen LogP contribution in [0.25, 0.3) is 0 Å². The van der Waals surface area contributed by atoms with Crippen LogP contribution in [0, 0.1) is 5.41 Å². The lowest BCUT2D eigenvalue weighted by Gasteiger charge is -2.32. The van der Waals surface area contributed by atoms with Crippen LogP contribution in [-0.4, -0.2) is 15.3 Å². The van der Waals surface area contributed by atoms with E-state index in [2.05, 4.69) is 24.0 Å². The standard InChI is InChI=1S/C10H17N3O/c1-10(2)3-6-9(8(14)4-10)7(5-11)13-12-6/h8,14H,3-5,11H2,1-2H3,(H,12,13). The third-order valence-corrected chi connectivity index (χ3v) is 2.89. The highest BCUT2D eigenvalue weighted by molar-refractivity contribution is 5.31. The van der Waals surface area contributed by atoms with E-state index >= 15 is 0 Å². The molecule has 1 atom stereocenters. The number of nitrogens with one attached hydrogen (secondary N) is 1. The van der Waals surface area contributed by atoms with Crippen molar-refractivity contribution >= 4 is 0 Å². The Morgan fingerprint density at radius 1 is 1.64 bits per heavy atom. The minimum absolute atomic E-state index is 0.144. The van der Waals surface area contributed by atoms with Gasteiger partial charge in [0.25, 0.3) is 0 Å². The molecule has 2 rings (SSSR count). The first-order chi connectivity index (χ1) is 6.53. The maximum atomic E-state index is 9.98. The molecule has 0 bridgehead atoms. The molecule has 1 heterocycles. The zero-order valence-corrected chi connectivity index (χ0v) is 8.67. The van der Waals surface area contributed by atoms with Crippen molar-refractivity contribution in [3.63, 3.8) is 0 Å². The molecule has 1 aromatic heterocycles. The van der Waals surface area contributed by atoms with Gasteiger partial charge in [0.15, 0.2) is 0 Å². The molecule has 0 aliphatic heterocycles. The molecule has 0 radical (unpaired) electrons. The number of nitrogens with zero attached hydrogens (tertiary/aromatic N) is 1. The molecular weight excluding hydrogens is 178 g/mol. The SMILES string of the molecule is CC1(C)Cc2[nH]nc(CN)c2C(O)C1. The van der Waals surface area contributed by atoms with Crippen molar-refractivity contribution in [2.24, 2.45) is 11.1 Å². The Labute approximate surface area is 83.5 Å². The minimum Gasteiger partial charge on any atom is -0.388 e. The molecule has 0 amide bonds. The van der Waals surface area contributed by atoms with Gasteiger partial charge >= 0.3 is 0 Å². The molecule has 0 saturated carbocycles. The molecule has 4 heteroatoms. The molecule has 78 valence electrons. The lowest BCUT2D eigenvalue weighted by Crippen LogP contribution is -2.25. The Balaban J connectivity index is 2.42. The third kappa shape index (κ3) is 1.44. The van der Waals surface area contributed by atoms with E-state index in [0.717, 1.165) is 29.8 Å². The molecule has 4 N–H and O–H groups in total. The van der Waals surface area contributed by atoms with Crippen LogP contribution in [0.15, 0.2) is 0 Å². The van der Waals surface area contributed by atoms with E-state index in [1.165, 1.54) is 0 Å². The maximum Gasteiger partial charge on any atom is 0.0831 e. The van der Waals surface area contributed by atoms with Crippen LogP contribution in [0.1, 0.15) is 43.3 Å². The second-order valence-corrected chi connectivity index (χ2v) is 4.83. The first-order valence-electron chi connectivity index (χ1n) is 4.97. The molecule has 1 aliphatic rings. The summed E-state index contributed by atoms with van der Waals surface area (Å²) in [6, 6.07) is 0. The van der Waals surface area contributed by atoms with Gasteiger partial charge in [-0.25, -0.2) is 0 Å². The number of hydrogen-bond donors (Lipinski definition) is 3. The van der Waals surface area contributed by atoms with Crippen molar-refractivity contribution in [3.05, 3.63) is 17.0 Å². The van der Waals surface area contributed by atoms with Crippen LogP contribution in [0.3, 0.4) is 0 Å². The van der Waals surface area contributed by atoms with E-state index in [9.17, 15) is 5.11 Å². The molecule has 1 aromatic rings. The van der Waals surface area contributed by atoms with Crippen LogP contribution in [-0.2, 0) is 13.0 Å². The van der Waals surface area contributed by atoms with Gasteiger partial charge in [0.05, 0.1) is 11.8 Å². The van der Waals surface area contributed by atoms with Gasteiger partial charge in [-0.1, -0.05) is 13.8 Å². The smallest absolute Gasteiger partial charge is 0.0831 e. The average molecular weight is 195 g/mol. The predicted octanol–water partition coefficient (Wildman–Crippen LogP) is 0.874. The van der Waals surface area contributed by atoms with Gasteiger partial charge in [-0.3, -0.25) is 5.10 Å². The fraction of sp³-hybridized carbons (Fsp3) is 0.700. The molecule has 0 saturated heterocycles. The Kier molecular flexibility index (Phi) is 2.12. The summed E-state index contributed by atoms with van der Waals surface area (Å²) < 4.78 is 0. The number of H-pyrrole nitrogens is 1. The van der Waals surface area contributed by atoms with E-state index in [1.807, 2.05) is 0 Å². The Morgan fingerprint density at radius 3 is 3.00 bits per heavy atom. The third-order valence-electron chi connectivity index (χ3n) is 2.89. The first-order valence-corrected chi connectivity index (χ1v) is 4.97. The number of rotatable bonds is 1. The number of aromatic amines is 1. The van der Waals surface area contributed by atoms with E-state index < -0.39 is 6.10 Å². The summed E-state index contributed by atoms with van der Waals surface area (Å²) in [5.74, 6) is 0. The Morgan fingerprint density at radius 2 is 2.36 bits per heavy atom. The fourth-order valence-corrected chi connectivity index (χ4v) is 2.29. The number of aliphatic hydroxyl groups is 1. The quantitative estimate of drug-likeness (QED) is 0.622. The Bertz CT molecular complexity index is 343. The Hall–Kier alpha value is -0.870. The van der Waals surface area contributed by atoms with Crippen molar-refractivity contribution in [2.45, 2.75) is 39.3 Å². The summed E-state index contributed by atoms with van der Waals surface area (Å²) in [6.07, 6.45) is 1.31. The minimum atomic E-state index is -0.411. The lowest BCUT2D eigenvalue weighted by atomic mass is 9.75. The van der Waals surface area contributed by atoms with Crippen LogP contribution in [0.4, 0.5) is 0 Å². The molecule has 0 fully saturated rings. The summed E-state index contributed by atoms with van der Waals surface area (Å²) in [6.45, 7) is 4.70. The molecular formula is C10H17N3O. The molecule has 14 heavy (non-hydrogen) atoms. The van der Waals surface area contributed by atoms with E-state index in [4.69, 9.17) is 5.73 Å². The molecule has 0 aromatic carbocycles. The predicted molar refractivity (Wildman–Crippen MR) is 53.5 cm³/mol. The van der Waals surface area contributed by atoms with Crippen molar-refractivity contribution < 1.29 is 5.11 Å². The van der Waals surface area contributed by atoms with Crippen molar-refractivity contribution in [1.29, 1.82) is 0 Å². The number of aromatic nitrogens is 2. The van der Waals surface area contributed by atoms with Crippen LogP contribution in [0.2, 0.25) is 0 Å². The number of nitrogens with two attached hydrogens (primary N) is 1. The summed E-state index contributed by atoms with van der Waals surface area (Å²) in [4.78, 5) is 0. The second-order valence-electron chi connectivity index (χ2n) is 4.83. The fourth-order valence-electron chi connectivity index (χ4n) is 2.29. The van der Waals surface area contributed by atoms with Crippen LogP contribution >= 0.6 is 0 Å². The molecule has 1 aliphatic carbocycles. The van der Waals surface area contributed by atoms with Gasteiger partial charge in [0, 0.05) is 17.8 Å². The maximum absolute atomic E-state index is 9.98. The summed E-state index contributed by atoms with van der Waals surface area (Å²) in [7, 11) is 0. The van der Waals surface area contributed by atoms with Crippen molar-refractivity contribution in [3.8, 4) is 0 Å². The second kappa shape index (κ2) is 3.07. The van der Waals surface area contributed by atoms with Gasteiger partial charge in [-0.15, -0.1) is 0 Å². The summed E-state index contributed by atoms with van der Waals surface area (Å²) in [5, 5.41) is 17.1. The number of fused-ring (bicyclic) bond motifs is 1. The average Bonchev–Trinajstić information content (AvgIpc) is 2.44. The first kappa shape index (κ1) is 9.68. The van der Waals surface area contributed by atoms with Gasteiger partial charge in [0.1, 0.15) is 0 Å². The van der Waals surface area contributed by atoms with Crippen molar-refractivity contribution in [2.75, 3.05) is 0 Å². The summed E-state index contributed by atoms with van der Waals surface area (Å²) >= 11 is 0. The molecule has 0 spiro atoms. The highest BCUT2D eigenvalue weighted by atomic mass is 16.3. The number of hydrogen-bond acceptors (Lipinski definition) is 3. The monoisotopic (exact) mass is 195 g/mol. The van der Waals surface area contributed by atoms with Crippen LogP contribution < -0.4 is 5.73 Å². The van der Waals surface area contributed by atoms with E-state index in [1.54, 1.807) is 0 Å². The number of aliphatic hydroxyl groups excluding tert-OH is 1. The highest BCUT2D eigenvalue weighted by Gasteiger charge is 2.34. The lowest BCUT2D eigenvalue weighted by molar-refractivity contribution is 0.0985.